The van der Waals surface area contributed by atoms with E-state index in [9.17, 15) is 0 Å². The molecule has 4 heteroatoms. The lowest BCUT2D eigenvalue weighted by Gasteiger charge is -2.11. The van der Waals surface area contributed by atoms with Crippen LogP contribution in [0.25, 0.3) is 10.8 Å². The predicted octanol–water partition coefficient (Wildman–Crippen LogP) is 4.52. The fraction of sp³-hybridized carbons (Fsp3) is 0.381. The Morgan fingerprint density at radius 1 is 1.24 bits per heavy atom. The van der Waals surface area contributed by atoms with E-state index >= 15 is 0 Å². The maximum Gasteiger partial charge on any atom is 0.197 e. The summed E-state index contributed by atoms with van der Waals surface area (Å²) in [6.45, 7) is 2.56. The number of aryl methyl sites for hydroxylation is 2. The number of hydrogen-bond donors (Lipinski definition) is 1. The predicted molar refractivity (Wildman–Crippen MR) is 96.9 cm³/mol. The summed E-state index contributed by atoms with van der Waals surface area (Å²) in [6, 6.07) is 12.5. The Kier molecular flexibility index (Phi) is 4.45. The highest BCUT2D eigenvalue weighted by molar-refractivity contribution is 5.89. The van der Waals surface area contributed by atoms with Gasteiger partial charge in [0.1, 0.15) is 23.8 Å². The van der Waals surface area contributed by atoms with Crippen LogP contribution in [0.15, 0.2) is 40.8 Å². The molecule has 1 aromatic heterocycles. The number of aliphatic hydroxyl groups excluding tert-OH is 1. The average molecular weight is 337 g/mol. The van der Waals surface area contributed by atoms with E-state index in [-0.39, 0.29) is 6.61 Å². The van der Waals surface area contributed by atoms with Gasteiger partial charge in [0.25, 0.3) is 0 Å². The van der Waals surface area contributed by atoms with E-state index in [2.05, 4.69) is 29.2 Å². The summed E-state index contributed by atoms with van der Waals surface area (Å²) in [6.07, 6.45) is 3.95. The Morgan fingerprint density at radius 3 is 2.88 bits per heavy atom. The lowest BCUT2D eigenvalue weighted by Crippen LogP contribution is -2.00. The molecule has 130 valence electrons. The Balaban J connectivity index is 1.59. The first kappa shape index (κ1) is 16.2. The van der Waals surface area contributed by atoms with Gasteiger partial charge in [-0.05, 0) is 49.6 Å². The van der Waals surface area contributed by atoms with Crippen LogP contribution in [0.1, 0.15) is 48.1 Å². The molecule has 25 heavy (non-hydrogen) atoms. The van der Waals surface area contributed by atoms with Crippen LogP contribution in [0.4, 0.5) is 0 Å². The molecular formula is C21H23NO3. The highest BCUT2D eigenvalue weighted by atomic mass is 16.5. The molecule has 3 aromatic rings. The third-order valence-corrected chi connectivity index (χ3v) is 4.71. The van der Waals surface area contributed by atoms with Crippen molar-refractivity contribution in [2.24, 2.45) is 0 Å². The molecule has 0 bridgehead atoms. The molecule has 0 saturated heterocycles. The van der Waals surface area contributed by atoms with Gasteiger partial charge in [0, 0.05) is 17.9 Å². The van der Waals surface area contributed by atoms with Crippen LogP contribution in [0.5, 0.6) is 5.75 Å². The Labute approximate surface area is 147 Å². The van der Waals surface area contributed by atoms with E-state index in [1.807, 2.05) is 19.1 Å². The quantitative estimate of drug-likeness (QED) is 0.689. The summed E-state index contributed by atoms with van der Waals surface area (Å²) in [5.41, 5.74) is 2.06. The maximum absolute atomic E-state index is 9.09. The van der Waals surface area contributed by atoms with Crippen LogP contribution in [0.3, 0.4) is 0 Å². The molecular weight excluding hydrogens is 314 g/mol. The van der Waals surface area contributed by atoms with Crippen LogP contribution < -0.4 is 4.74 Å². The minimum absolute atomic E-state index is 0.199. The zero-order valence-electron chi connectivity index (χ0n) is 14.5. The third kappa shape index (κ3) is 3.54. The number of ether oxygens (including phenoxy) is 1. The van der Waals surface area contributed by atoms with E-state index in [0.29, 0.717) is 12.5 Å². The van der Waals surface area contributed by atoms with E-state index in [0.717, 1.165) is 46.7 Å². The molecule has 0 atom stereocenters. The number of rotatable bonds is 7. The van der Waals surface area contributed by atoms with Gasteiger partial charge in [0.2, 0.25) is 0 Å². The highest BCUT2D eigenvalue weighted by Crippen LogP contribution is 2.40. The van der Waals surface area contributed by atoms with Gasteiger partial charge in [-0.3, -0.25) is 0 Å². The van der Waals surface area contributed by atoms with Crippen LogP contribution in [0, 0.1) is 6.92 Å². The summed E-state index contributed by atoms with van der Waals surface area (Å²) in [5, 5.41) is 11.3. The molecule has 1 fully saturated rings. The Bertz CT molecular complexity index is 880. The first-order valence-corrected chi connectivity index (χ1v) is 8.96. The molecule has 4 nitrogen and oxygen atoms in total. The van der Waals surface area contributed by atoms with Gasteiger partial charge in [0.15, 0.2) is 5.89 Å². The minimum Gasteiger partial charge on any atom is -0.486 e. The molecule has 1 aliphatic rings. The Morgan fingerprint density at radius 2 is 2.08 bits per heavy atom. The van der Waals surface area contributed by atoms with Crippen LogP contribution in [-0.4, -0.2) is 16.7 Å². The fourth-order valence-corrected chi connectivity index (χ4v) is 3.12. The standard InChI is InChI=1S/C21H23NO3/c1-14-19(22-21(25-14)16-8-9-16)13-24-20-12-15(5-4-10-23)11-17-6-2-3-7-18(17)20/h2-3,6-7,11-12,16,23H,4-5,8-10,13H2,1H3. The first-order chi connectivity index (χ1) is 12.2. The van der Waals surface area contributed by atoms with Gasteiger partial charge in [0.05, 0.1) is 0 Å². The summed E-state index contributed by atoms with van der Waals surface area (Å²) in [4.78, 5) is 4.61. The topological polar surface area (TPSA) is 55.5 Å². The van der Waals surface area contributed by atoms with Gasteiger partial charge >= 0.3 is 0 Å². The van der Waals surface area contributed by atoms with Crippen molar-refractivity contribution in [2.75, 3.05) is 6.61 Å². The molecule has 0 spiro atoms. The number of hydrogen-bond acceptors (Lipinski definition) is 4. The van der Waals surface area contributed by atoms with Crippen molar-refractivity contribution in [3.63, 3.8) is 0 Å². The van der Waals surface area contributed by atoms with Crippen LogP contribution in [0.2, 0.25) is 0 Å². The largest absolute Gasteiger partial charge is 0.486 e. The van der Waals surface area contributed by atoms with Gasteiger partial charge in [-0.2, -0.15) is 0 Å². The van der Waals surface area contributed by atoms with Crippen molar-refractivity contribution >= 4 is 10.8 Å². The molecule has 1 heterocycles. The van der Waals surface area contributed by atoms with E-state index < -0.39 is 0 Å². The van der Waals surface area contributed by atoms with Crippen molar-refractivity contribution in [1.82, 2.24) is 4.98 Å². The third-order valence-electron chi connectivity index (χ3n) is 4.71. The lowest BCUT2D eigenvalue weighted by molar-refractivity contribution is 0.288. The number of fused-ring (bicyclic) bond motifs is 1. The molecule has 4 rings (SSSR count). The number of aliphatic hydroxyl groups is 1. The van der Waals surface area contributed by atoms with Crippen molar-refractivity contribution in [1.29, 1.82) is 0 Å². The van der Waals surface area contributed by atoms with Gasteiger partial charge in [-0.1, -0.05) is 30.3 Å². The van der Waals surface area contributed by atoms with Crippen molar-refractivity contribution in [3.8, 4) is 5.75 Å². The second kappa shape index (κ2) is 6.89. The van der Waals surface area contributed by atoms with E-state index in [1.54, 1.807) is 0 Å². The summed E-state index contributed by atoms with van der Waals surface area (Å²) >= 11 is 0. The van der Waals surface area contributed by atoms with Crippen molar-refractivity contribution in [2.45, 2.75) is 45.1 Å². The molecule has 1 aliphatic carbocycles. The molecule has 0 radical (unpaired) electrons. The van der Waals surface area contributed by atoms with E-state index in [1.165, 1.54) is 18.4 Å². The molecule has 1 saturated carbocycles. The summed E-state index contributed by atoms with van der Waals surface area (Å²) < 4.78 is 11.9. The van der Waals surface area contributed by atoms with Crippen molar-refractivity contribution in [3.05, 3.63) is 59.3 Å². The van der Waals surface area contributed by atoms with E-state index in [4.69, 9.17) is 14.3 Å². The average Bonchev–Trinajstić information content (AvgIpc) is 3.41. The zero-order valence-corrected chi connectivity index (χ0v) is 14.5. The smallest absolute Gasteiger partial charge is 0.197 e. The highest BCUT2D eigenvalue weighted by Gasteiger charge is 2.29. The minimum atomic E-state index is 0.199. The molecule has 1 N–H and O–H groups in total. The number of nitrogens with zero attached hydrogens (tertiary/aromatic N) is 1. The number of oxazole rings is 1. The van der Waals surface area contributed by atoms with Crippen LogP contribution >= 0.6 is 0 Å². The first-order valence-electron chi connectivity index (χ1n) is 8.96. The fourth-order valence-electron chi connectivity index (χ4n) is 3.12. The van der Waals surface area contributed by atoms with Gasteiger partial charge in [-0.25, -0.2) is 4.98 Å². The monoisotopic (exact) mass is 337 g/mol. The van der Waals surface area contributed by atoms with Gasteiger partial charge < -0.3 is 14.3 Å². The summed E-state index contributed by atoms with van der Waals surface area (Å²) in [7, 11) is 0. The SMILES string of the molecule is Cc1oc(C2CC2)nc1COc1cc(CCCO)cc2ccccc12. The van der Waals surface area contributed by atoms with Crippen molar-refractivity contribution < 1.29 is 14.3 Å². The van der Waals surface area contributed by atoms with Crippen LogP contribution in [-0.2, 0) is 13.0 Å². The summed E-state index contributed by atoms with van der Waals surface area (Å²) in [5.74, 6) is 3.08. The number of benzene rings is 2. The van der Waals surface area contributed by atoms with Gasteiger partial charge in [-0.15, -0.1) is 0 Å². The second-order valence-corrected chi connectivity index (χ2v) is 6.76. The zero-order chi connectivity index (χ0) is 17.2. The molecule has 2 aromatic carbocycles. The maximum atomic E-state index is 9.09. The normalized spacial score (nSPS) is 14.2. The molecule has 0 amide bonds. The lowest BCUT2D eigenvalue weighted by atomic mass is 10.0. The Hall–Kier alpha value is -2.33. The second-order valence-electron chi connectivity index (χ2n) is 6.76. The molecule has 0 aliphatic heterocycles. The molecule has 0 unspecified atom stereocenters. The number of aromatic nitrogens is 1.